The predicted molar refractivity (Wildman–Crippen MR) is 60.5 cm³/mol. The first kappa shape index (κ1) is 12.0. The number of pyridine rings is 1. The SMILES string of the molecule is N#Cc1cccnc1S(=O)(=O)N[C@@H]1CCNC1. The van der Waals surface area contributed by atoms with Gasteiger partial charge in [0, 0.05) is 18.8 Å². The molecule has 1 fully saturated rings. The van der Waals surface area contributed by atoms with Gasteiger partial charge in [-0.25, -0.2) is 18.1 Å². The molecule has 0 aromatic carbocycles. The van der Waals surface area contributed by atoms with E-state index in [0.717, 1.165) is 13.0 Å². The fraction of sp³-hybridized carbons (Fsp3) is 0.400. The lowest BCUT2D eigenvalue weighted by atomic mass is 10.3. The van der Waals surface area contributed by atoms with Crippen molar-refractivity contribution in [1.82, 2.24) is 15.0 Å². The van der Waals surface area contributed by atoms with Crippen molar-refractivity contribution in [3.8, 4) is 6.07 Å². The quantitative estimate of drug-likeness (QED) is 0.762. The molecule has 90 valence electrons. The molecule has 2 rings (SSSR count). The van der Waals surface area contributed by atoms with Crippen molar-refractivity contribution in [1.29, 1.82) is 5.26 Å². The van der Waals surface area contributed by atoms with Crippen molar-refractivity contribution in [3.05, 3.63) is 23.9 Å². The third-order valence-electron chi connectivity index (χ3n) is 2.53. The van der Waals surface area contributed by atoms with Crippen LogP contribution in [0.5, 0.6) is 0 Å². The summed E-state index contributed by atoms with van der Waals surface area (Å²) in [5, 5.41) is 11.7. The average molecular weight is 252 g/mol. The molecule has 0 spiro atoms. The lowest BCUT2D eigenvalue weighted by Crippen LogP contribution is -2.36. The highest BCUT2D eigenvalue weighted by Gasteiger charge is 2.25. The molecule has 6 nitrogen and oxygen atoms in total. The van der Waals surface area contributed by atoms with E-state index in [9.17, 15) is 8.42 Å². The third-order valence-corrected chi connectivity index (χ3v) is 4.01. The van der Waals surface area contributed by atoms with Gasteiger partial charge in [-0.2, -0.15) is 5.26 Å². The molecule has 1 saturated heterocycles. The highest BCUT2D eigenvalue weighted by molar-refractivity contribution is 7.89. The number of hydrogen-bond donors (Lipinski definition) is 2. The van der Waals surface area contributed by atoms with Crippen molar-refractivity contribution in [2.24, 2.45) is 0 Å². The van der Waals surface area contributed by atoms with Crippen LogP contribution in [-0.4, -0.2) is 32.5 Å². The molecule has 1 aromatic rings. The second kappa shape index (κ2) is 4.79. The molecule has 2 N–H and O–H groups in total. The average Bonchev–Trinajstić information content (AvgIpc) is 2.81. The van der Waals surface area contributed by atoms with Crippen LogP contribution >= 0.6 is 0 Å². The zero-order valence-electron chi connectivity index (χ0n) is 9.05. The summed E-state index contributed by atoms with van der Waals surface area (Å²) < 4.78 is 26.6. The van der Waals surface area contributed by atoms with E-state index in [4.69, 9.17) is 5.26 Å². The van der Waals surface area contributed by atoms with Crippen LogP contribution in [0.2, 0.25) is 0 Å². The molecule has 7 heteroatoms. The Morgan fingerprint density at radius 3 is 3.06 bits per heavy atom. The Balaban J connectivity index is 2.28. The van der Waals surface area contributed by atoms with E-state index in [2.05, 4.69) is 15.0 Å². The summed E-state index contributed by atoms with van der Waals surface area (Å²) in [6.07, 6.45) is 2.11. The van der Waals surface area contributed by atoms with Gasteiger partial charge >= 0.3 is 0 Å². The normalized spacial score (nSPS) is 20.1. The smallest absolute Gasteiger partial charge is 0.259 e. The maximum Gasteiger partial charge on any atom is 0.259 e. The van der Waals surface area contributed by atoms with E-state index in [1.54, 1.807) is 0 Å². The number of nitrogens with zero attached hydrogens (tertiary/aromatic N) is 2. The predicted octanol–water partition coefficient (Wildman–Crippen LogP) is -0.407. The third kappa shape index (κ3) is 2.61. The molecule has 2 heterocycles. The largest absolute Gasteiger partial charge is 0.315 e. The molecule has 1 atom stereocenters. The van der Waals surface area contributed by atoms with Gasteiger partial charge in [0.05, 0.1) is 5.56 Å². The summed E-state index contributed by atoms with van der Waals surface area (Å²) in [6.45, 7) is 1.40. The number of rotatable bonds is 3. The van der Waals surface area contributed by atoms with Gasteiger partial charge in [-0.1, -0.05) is 0 Å². The van der Waals surface area contributed by atoms with E-state index >= 15 is 0 Å². The first-order valence-electron chi connectivity index (χ1n) is 5.21. The Labute approximate surface area is 99.7 Å². The lowest BCUT2D eigenvalue weighted by molar-refractivity contribution is 0.556. The second-order valence-corrected chi connectivity index (χ2v) is 5.41. The Bertz CT molecular complexity index is 544. The molecular weight excluding hydrogens is 240 g/mol. The van der Waals surface area contributed by atoms with Gasteiger partial charge in [-0.3, -0.25) is 0 Å². The minimum Gasteiger partial charge on any atom is -0.315 e. The van der Waals surface area contributed by atoms with Crippen LogP contribution in [0.3, 0.4) is 0 Å². The van der Waals surface area contributed by atoms with Crippen LogP contribution in [0.1, 0.15) is 12.0 Å². The van der Waals surface area contributed by atoms with Crippen LogP contribution < -0.4 is 10.0 Å². The Hall–Kier alpha value is -1.49. The van der Waals surface area contributed by atoms with Gasteiger partial charge < -0.3 is 5.32 Å². The first-order valence-corrected chi connectivity index (χ1v) is 6.70. The molecule has 17 heavy (non-hydrogen) atoms. The Morgan fingerprint density at radius 2 is 2.41 bits per heavy atom. The summed E-state index contributed by atoms with van der Waals surface area (Å²) in [7, 11) is -3.71. The van der Waals surface area contributed by atoms with Gasteiger partial charge in [0.15, 0.2) is 5.03 Å². The summed E-state index contributed by atoms with van der Waals surface area (Å²) in [5.41, 5.74) is 0.0611. The molecule has 0 amide bonds. The second-order valence-electron chi connectivity index (χ2n) is 3.78. The molecule has 1 aromatic heterocycles. The van der Waals surface area contributed by atoms with Gasteiger partial charge in [0.2, 0.25) is 0 Å². The number of nitrogens with one attached hydrogen (secondary N) is 2. The van der Waals surface area contributed by atoms with Crippen LogP contribution in [0, 0.1) is 11.3 Å². The van der Waals surface area contributed by atoms with Gasteiger partial charge in [0.25, 0.3) is 10.0 Å². The van der Waals surface area contributed by atoms with E-state index in [1.807, 2.05) is 6.07 Å². The number of aromatic nitrogens is 1. The number of nitriles is 1. The van der Waals surface area contributed by atoms with Gasteiger partial charge in [0.1, 0.15) is 6.07 Å². The van der Waals surface area contributed by atoms with Crippen molar-refractivity contribution in [2.45, 2.75) is 17.5 Å². The van der Waals surface area contributed by atoms with E-state index < -0.39 is 10.0 Å². The van der Waals surface area contributed by atoms with Crippen LogP contribution in [-0.2, 0) is 10.0 Å². The zero-order valence-corrected chi connectivity index (χ0v) is 9.87. The maximum atomic E-state index is 12.0. The Kier molecular flexibility index (Phi) is 3.38. The molecule has 0 radical (unpaired) electrons. The molecule has 1 aliphatic heterocycles. The molecular formula is C10H12N4O2S. The first-order chi connectivity index (χ1) is 8.13. The summed E-state index contributed by atoms with van der Waals surface area (Å²) in [4.78, 5) is 3.77. The molecule has 1 aliphatic rings. The van der Waals surface area contributed by atoms with Gasteiger partial charge in [-0.15, -0.1) is 0 Å². The van der Waals surface area contributed by atoms with Crippen molar-refractivity contribution < 1.29 is 8.42 Å². The standard InChI is InChI=1S/C10H12N4O2S/c11-6-8-2-1-4-13-10(8)17(15,16)14-9-3-5-12-7-9/h1-2,4,9,12,14H,3,5,7H2/t9-/m1/s1. The molecule has 0 bridgehead atoms. The topological polar surface area (TPSA) is 94.9 Å². The molecule has 0 aliphatic carbocycles. The zero-order chi connectivity index (χ0) is 12.3. The van der Waals surface area contributed by atoms with Crippen molar-refractivity contribution >= 4 is 10.0 Å². The van der Waals surface area contributed by atoms with Crippen LogP contribution in [0.15, 0.2) is 23.4 Å². The summed E-state index contributed by atoms with van der Waals surface area (Å²) in [6, 6.07) is 4.67. The van der Waals surface area contributed by atoms with Crippen molar-refractivity contribution in [2.75, 3.05) is 13.1 Å². The highest BCUT2D eigenvalue weighted by atomic mass is 32.2. The Morgan fingerprint density at radius 1 is 1.59 bits per heavy atom. The number of sulfonamides is 1. The van der Waals surface area contributed by atoms with E-state index in [1.165, 1.54) is 18.3 Å². The fourth-order valence-corrected chi connectivity index (χ4v) is 3.07. The maximum absolute atomic E-state index is 12.0. The minimum absolute atomic E-state index is 0.0611. The van der Waals surface area contributed by atoms with E-state index in [-0.39, 0.29) is 16.6 Å². The molecule has 0 saturated carbocycles. The van der Waals surface area contributed by atoms with Crippen molar-refractivity contribution in [3.63, 3.8) is 0 Å². The van der Waals surface area contributed by atoms with Crippen LogP contribution in [0.4, 0.5) is 0 Å². The van der Waals surface area contributed by atoms with Crippen LogP contribution in [0.25, 0.3) is 0 Å². The summed E-state index contributed by atoms with van der Waals surface area (Å²) in [5.74, 6) is 0. The number of hydrogen-bond acceptors (Lipinski definition) is 5. The molecule has 0 unspecified atom stereocenters. The fourth-order valence-electron chi connectivity index (χ4n) is 1.72. The monoisotopic (exact) mass is 252 g/mol. The summed E-state index contributed by atoms with van der Waals surface area (Å²) >= 11 is 0. The highest BCUT2D eigenvalue weighted by Crippen LogP contribution is 2.12. The van der Waals surface area contributed by atoms with E-state index in [0.29, 0.717) is 6.54 Å². The lowest BCUT2D eigenvalue weighted by Gasteiger charge is -2.11. The van der Waals surface area contributed by atoms with Gasteiger partial charge in [-0.05, 0) is 25.1 Å². The minimum atomic E-state index is -3.71.